The largest absolute Gasteiger partial charge is 0.486 e. The summed E-state index contributed by atoms with van der Waals surface area (Å²) in [6, 6.07) is 2.51. The van der Waals surface area contributed by atoms with Crippen LogP contribution in [-0.4, -0.2) is 54.6 Å². The van der Waals surface area contributed by atoms with E-state index in [4.69, 9.17) is 14.2 Å². The van der Waals surface area contributed by atoms with Gasteiger partial charge in [0.2, 0.25) is 0 Å². The van der Waals surface area contributed by atoms with E-state index in [1.165, 1.54) is 12.5 Å². The van der Waals surface area contributed by atoms with Gasteiger partial charge in [-0.3, -0.25) is 14.9 Å². The van der Waals surface area contributed by atoms with E-state index in [9.17, 15) is 19.7 Å². The minimum absolute atomic E-state index is 0.147. The molecule has 1 amide bonds. The second kappa shape index (κ2) is 8.24. The molecule has 2 aliphatic rings. The van der Waals surface area contributed by atoms with Gasteiger partial charge in [0.25, 0.3) is 11.6 Å². The number of carbonyl (C=O) groups is 2. The Bertz CT molecular complexity index is 743. The number of carbonyl (C=O) groups excluding carboxylic acids is 2. The standard InChI is InChI=1S/C18H22N2O7/c1-19(12-5-3-2-4-6-12)17(21)11-27-18(22)13-9-15-16(26-8-7-25-15)10-14(13)20(23)24/h9-10,12H,2-8,11H2,1H3. The van der Waals surface area contributed by atoms with Crippen LogP contribution >= 0.6 is 0 Å². The second-order valence-corrected chi connectivity index (χ2v) is 6.64. The fourth-order valence-corrected chi connectivity index (χ4v) is 3.37. The Balaban J connectivity index is 1.68. The van der Waals surface area contributed by atoms with Crippen molar-refractivity contribution in [2.45, 2.75) is 38.1 Å². The molecular formula is C18H22N2O7. The number of amides is 1. The molecule has 1 fully saturated rings. The van der Waals surface area contributed by atoms with Crippen molar-refractivity contribution < 1.29 is 28.7 Å². The number of likely N-dealkylation sites (N-methyl/N-ethyl adjacent to an activating group) is 1. The van der Waals surface area contributed by atoms with Gasteiger partial charge in [0.1, 0.15) is 18.8 Å². The highest BCUT2D eigenvalue weighted by Crippen LogP contribution is 2.36. The van der Waals surface area contributed by atoms with E-state index in [1.807, 2.05) is 0 Å². The highest BCUT2D eigenvalue weighted by atomic mass is 16.6. The maximum absolute atomic E-state index is 12.4. The van der Waals surface area contributed by atoms with Gasteiger partial charge in [-0.05, 0) is 12.8 Å². The minimum Gasteiger partial charge on any atom is -0.486 e. The van der Waals surface area contributed by atoms with E-state index in [1.54, 1.807) is 11.9 Å². The van der Waals surface area contributed by atoms with E-state index >= 15 is 0 Å². The summed E-state index contributed by atoms with van der Waals surface area (Å²) in [5.74, 6) is -0.818. The van der Waals surface area contributed by atoms with Crippen molar-refractivity contribution in [1.29, 1.82) is 0 Å². The lowest BCUT2D eigenvalue weighted by atomic mass is 9.94. The Morgan fingerprint density at radius 3 is 2.44 bits per heavy atom. The zero-order valence-corrected chi connectivity index (χ0v) is 15.1. The third-order valence-corrected chi connectivity index (χ3v) is 4.92. The van der Waals surface area contributed by atoms with E-state index in [2.05, 4.69) is 0 Å². The first-order valence-corrected chi connectivity index (χ1v) is 8.98. The van der Waals surface area contributed by atoms with Crippen LogP contribution in [0.5, 0.6) is 11.5 Å². The molecule has 9 heteroatoms. The number of esters is 1. The second-order valence-electron chi connectivity index (χ2n) is 6.64. The van der Waals surface area contributed by atoms with Gasteiger partial charge in [0.05, 0.1) is 11.0 Å². The van der Waals surface area contributed by atoms with Crippen LogP contribution in [0.25, 0.3) is 0 Å². The van der Waals surface area contributed by atoms with Gasteiger partial charge < -0.3 is 19.1 Å². The van der Waals surface area contributed by atoms with Crippen molar-refractivity contribution in [3.63, 3.8) is 0 Å². The number of hydrogen-bond donors (Lipinski definition) is 0. The lowest BCUT2D eigenvalue weighted by Gasteiger charge is -2.31. The number of fused-ring (bicyclic) bond motifs is 1. The minimum atomic E-state index is -0.941. The lowest BCUT2D eigenvalue weighted by molar-refractivity contribution is -0.385. The zero-order chi connectivity index (χ0) is 19.4. The Labute approximate surface area is 156 Å². The Morgan fingerprint density at radius 2 is 1.81 bits per heavy atom. The molecule has 3 rings (SSSR count). The van der Waals surface area contributed by atoms with Gasteiger partial charge in [-0.25, -0.2) is 4.79 Å². The SMILES string of the molecule is CN(C(=O)COC(=O)c1cc2c(cc1[N+](=O)[O-])OCCO2)C1CCCCC1. The lowest BCUT2D eigenvalue weighted by Crippen LogP contribution is -2.40. The van der Waals surface area contributed by atoms with Crippen molar-refractivity contribution in [2.75, 3.05) is 26.9 Å². The number of hydrogen-bond acceptors (Lipinski definition) is 7. The number of nitro groups is 1. The summed E-state index contributed by atoms with van der Waals surface area (Å²) in [5, 5.41) is 11.3. The summed E-state index contributed by atoms with van der Waals surface area (Å²) in [4.78, 5) is 36.9. The van der Waals surface area contributed by atoms with Crippen molar-refractivity contribution >= 4 is 17.6 Å². The molecule has 0 radical (unpaired) electrons. The monoisotopic (exact) mass is 378 g/mol. The first-order chi connectivity index (χ1) is 13.0. The van der Waals surface area contributed by atoms with Crippen LogP contribution in [0, 0.1) is 10.1 Å². The van der Waals surface area contributed by atoms with E-state index in [0.717, 1.165) is 31.7 Å². The average Bonchev–Trinajstić information content (AvgIpc) is 2.70. The molecule has 1 aliphatic heterocycles. The Kier molecular flexibility index (Phi) is 5.78. The first kappa shape index (κ1) is 18.9. The van der Waals surface area contributed by atoms with Crippen LogP contribution in [0.4, 0.5) is 5.69 Å². The number of nitrogens with zero attached hydrogens (tertiary/aromatic N) is 2. The highest BCUT2D eigenvalue weighted by molar-refractivity contribution is 5.96. The van der Waals surface area contributed by atoms with Gasteiger partial charge in [-0.2, -0.15) is 0 Å². The molecule has 0 aromatic heterocycles. The third kappa shape index (κ3) is 4.29. The molecule has 0 bridgehead atoms. The molecule has 1 saturated carbocycles. The quantitative estimate of drug-likeness (QED) is 0.439. The Hall–Kier alpha value is -2.84. The first-order valence-electron chi connectivity index (χ1n) is 8.98. The van der Waals surface area contributed by atoms with Crippen molar-refractivity contribution in [1.82, 2.24) is 4.90 Å². The van der Waals surface area contributed by atoms with Crippen LogP contribution in [-0.2, 0) is 9.53 Å². The molecule has 1 aliphatic carbocycles. The molecule has 0 unspecified atom stereocenters. The van der Waals surface area contributed by atoms with E-state index in [-0.39, 0.29) is 42.2 Å². The summed E-state index contributed by atoms with van der Waals surface area (Å²) in [5.41, 5.74) is -0.713. The van der Waals surface area contributed by atoms with Crippen LogP contribution < -0.4 is 9.47 Å². The molecule has 146 valence electrons. The van der Waals surface area contributed by atoms with Crippen molar-refractivity contribution in [2.24, 2.45) is 0 Å². The average molecular weight is 378 g/mol. The predicted octanol–water partition coefficient (Wildman–Crippen LogP) is 2.31. The fourth-order valence-electron chi connectivity index (χ4n) is 3.37. The van der Waals surface area contributed by atoms with E-state index in [0.29, 0.717) is 0 Å². The molecule has 27 heavy (non-hydrogen) atoms. The maximum Gasteiger partial charge on any atom is 0.345 e. The number of nitro benzene ring substituents is 1. The Morgan fingerprint density at radius 1 is 1.19 bits per heavy atom. The van der Waals surface area contributed by atoms with Crippen molar-refractivity contribution in [3.05, 3.63) is 27.8 Å². The summed E-state index contributed by atoms with van der Waals surface area (Å²) in [6.07, 6.45) is 5.19. The topological polar surface area (TPSA) is 108 Å². The molecule has 0 atom stereocenters. The summed E-state index contributed by atoms with van der Waals surface area (Å²) >= 11 is 0. The molecule has 1 aromatic carbocycles. The van der Waals surface area contributed by atoms with Gasteiger partial charge in [-0.1, -0.05) is 19.3 Å². The molecule has 0 saturated heterocycles. The van der Waals surface area contributed by atoms with Crippen molar-refractivity contribution in [3.8, 4) is 11.5 Å². The van der Waals surface area contributed by atoms with Gasteiger partial charge in [-0.15, -0.1) is 0 Å². The maximum atomic E-state index is 12.4. The van der Waals surface area contributed by atoms with Crippen LogP contribution in [0.2, 0.25) is 0 Å². The zero-order valence-electron chi connectivity index (χ0n) is 15.1. The smallest absolute Gasteiger partial charge is 0.345 e. The number of ether oxygens (including phenoxy) is 3. The summed E-state index contributed by atoms with van der Waals surface area (Å²) in [7, 11) is 1.69. The summed E-state index contributed by atoms with van der Waals surface area (Å²) in [6.45, 7) is 0.0946. The van der Waals surface area contributed by atoms with Crippen LogP contribution in [0.1, 0.15) is 42.5 Å². The third-order valence-electron chi connectivity index (χ3n) is 4.92. The molecule has 1 aromatic rings. The molecular weight excluding hydrogens is 356 g/mol. The van der Waals surface area contributed by atoms with E-state index < -0.39 is 23.2 Å². The van der Waals surface area contributed by atoms with Gasteiger partial charge in [0, 0.05) is 19.2 Å². The fraction of sp³-hybridized carbons (Fsp3) is 0.556. The molecule has 0 N–H and O–H groups in total. The number of benzene rings is 1. The van der Waals surface area contributed by atoms with Crippen LogP contribution in [0.3, 0.4) is 0 Å². The number of rotatable bonds is 5. The predicted molar refractivity (Wildman–Crippen MR) is 94.0 cm³/mol. The molecule has 9 nitrogen and oxygen atoms in total. The van der Waals surface area contributed by atoms with Gasteiger partial charge in [0.15, 0.2) is 18.1 Å². The van der Waals surface area contributed by atoms with Crippen LogP contribution in [0.15, 0.2) is 12.1 Å². The molecule has 1 heterocycles. The summed E-state index contributed by atoms with van der Waals surface area (Å²) < 4.78 is 15.7. The normalized spacial score (nSPS) is 16.5. The van der Waals surface area contributed by atoms with Gasteiger partial charge >= 0.3 is 5.97 Å². The highest BCUT2D eigenvalue weighted by Gasteiger charge is 2.29. The molecule has 0 spiro atoms.